The van der Waals surface area contributed by atoms with Crippen molar-refractivity contribution in [1.82, 2.24) is 5.32 Å². The summed E-state index contributed by atoms with van der Waals surface area (Å²) in [5.41, 5.74) is 3.68. The highest BCUT2D eigenvalue weighted by molar-refractivity contribution is 5.94. The Hall–Kier alpha value is -1.63. The Morgan fingerprint density at radius 3 is 2.50 bits per heavy atom. The van der Waals surface area contributed by atoms with E-state index in [9.17, 15) is 22.4 Å². The maximum Gasteiger partial charge on any atom is 0.416 e. The van der Waals surface area contributed by atoms with Crippen molar-refractivity contribution in [3.05, 3.63) is 35.1 Å². The molecular formula is C13H14F4N2O. The Bertz CT molecular complexity index is 524. The molecule has 0 radical (unpaired) electrons. The number of halogens is 4. The average Bonchev–Trinajstić information content (AvgIpc) is 2.32. The molecule has 3 nitrogen and oxygen atoms in total. The van der Waals surface area contributed by atoms with Gasteiger partial charge in [0.15, 0.2) is 0 Å². The van der Waals surface area contributed by atoms with Crippen molar-refractivity contribution in [3.8, 4) is 0 Å². The first-order chi connectivity index (χ1) is 9.21. The number of hydrogen-bond acceptors (Lipinski definition) is 2. The van der Waals surface area contributed by atoms with E-state index < -0.39 is 34.6 Å². The first kappa shape index (κ1) is 14.8. The van der Waals surface area contributed by atoms with Crippen LogP contribution in [0.2, 0.25) is 0 Å². The third kappa shape index (κ3) is 3.09. The third-order valence-electron chi connectivity index (χ3n) is 3.49. The number of nitrogens with two attached hydrogens (primary N) is 1. The average molecular weight is 290 g/mol. The molecule has 0 bridgehead atoms. The first-order valence-corrected chi connectivity index (χ1v) is 6.15. The van der Waals surface area contributed by atoms with E-state index in [1.165, 1.54) is 0 Å². The van der Waals surface area contributed by atoms with Crippen LogP contribution in [0.5, 0.6) is 0 Å². The largest absolute Gasteiger partial charge is 0.416 e. The van der Waals surface area contributed by atoms with Gasteiger partial charge in [0.05, 0.1) is 11.1 Å². The van der Waals surface area contributed by atoms with Gasteiger partial charge in [-0.05, 0) is 37.5 Å². The van der Waals surface area contributed by atoms with Crippen LogP contribution in [-0.4, -0.2) is 18.0 Å². The second-order valence-corrected chi connectivity index (χ2v) is 5.09. The lowest BCUT2D eigenvalue weighted by molar-refractivity contribution is -0.137. The van der Waals surface area contributed by atoms with Gasteiger partial charge in [-0.3, -0.25) is 4.79 Å². The lowest BCUT2D eigenvalue weighted by Crippen LogP contribution is -2.55. The van der Waals surface area contributed by atoms with Crippen LogP contribution in [0.25, 0.3) is 0 Å². The van der Waals surface area contributed by atoms with Gasteiger partial charge in [0.25, 0.3) is 5.91 Å². The lowest BCUT2D eigenvalue weighted by Gasteiger charge is -2.38. The van der Waals surface area contributed by atoms with Crippen molar-refractivity contribution in [2.24, 2.45) is 5.73 Å². The number of benzene rings is 1. The number of carbonyl (C=O) groups is 1. The SMILES string of the molecule is NC1(CNC(=O)c2cc(C(F)(F)F)ccc2F)CCC1. The summed E-state index contributed by atoms with van der Waals surface area (Å²) < 4.78 is 51.0. The fourth-order valence-electron chi connectivity index (χ4n) is 2.03. The second-order valence-electron chi connectivity index (χ2n) is 5.09. The molecule has 0 atom stereocenters. The highest BCUT2D eigenvalue weighted by atomic mass is 19.4. The van der Waals surface area contributed by atoms with E-state index in [1.54, 1.807) is 0 Å². The Balaban J connectivity index is 2.12. The summed E-state index contributed by atoms with van der Waals surface area (Å²) in [4.78, 5) is 11.8. The van der Waals surface area contributed by atoms with Crippen LogP contribution in [0.15, 0.2) is 18.2 Å². The smallest absolute Gasteiger partial charge is 0.350 e. The van der Waals surface area contributed by atoms with E-state index >= 15 is 0 Å². The van der Waals surface area contributed by atoms with Crippen LogP contribution in [0.3, 0.4) is 0 Å². The van der Waals surface area contributed by atoms with E-state index in [0.717, 1.165) is 19.3 Å². The molecule has 0 unspecified atom stereocenters. The molecule has 2 rings (SSSR count). The topological polar surface area (TPSA) is 55.1 Å². The number of carbonyl (C=O) groups excluding carboxylic acids is 1. The molecule has 0 saturated heterocycles. The number of amides is 1. The third-order valence-corrected chi connectivity index (χ3v) is 3.49. The van der Waals surface area contributed by atoms with Crippen molar-refractivity contribution < 1.29 is 22.4 Å². The lowest BCUT2D eigenvalue weighted by atomic mass is 9.78. The van der Waals surface area contributed by atoms with Crippen molar-refractivity contribution in [2.45, 2.75) is 31.0 Å². The summed E-state index contributed by atoms with van der Waals surface area (Å²) in [5, 5.41) is 2.39. The minimum Gasteiger partial charge on any atom is -0.350 e. The minimum atomic E-state index is -4.62. The molecule has 3 N–H and O–H groups in total. The van der Waals surface area contributed by atoms with Gasteiger partial charge < -0.3 is 11.1 Å². The molecule has 110 valence electrons. The summed E-state index contributed by atoms with van der Waals surface area (Å²) >= 11 is 0. The fourth-order valence-corrected chi connectivity index (χ4v) is 2.03. The van der Waals surface area contributed by atoms with Crippen LogP contribution in [-0.2, 0) is 6.18 Å². The molecule has 1 aliphatic carbocycles. The molecule has 1 aromatic carbocycles. The van der Waals surface area contributed by atoms with E-state index in [4.69, 9.17) is 5.73 Å². The Kier molecular flexibility index (Phi) is 3.73. The molecule has 1 aromatic rings. The van der Waals surface area contributed by atoms with Gasteiger partial charge in [-0.15, -0.1) is 0 Å². The van der Waals surface area contributed by atoms with Gasteiger partial charge in [0.2, 0.25) is 0 Å². The minimum absolute atomic E-state index is 0.127. The molecule has 1 amide bonds. The van der Waals surface area contributed by atoms with Crippen LogP contribution in [0, 0.1) is 5.82 Å². The Morgan fingerprint density at radius 1 is 1.35 bits per heavy atom. The quantitative estimate of drug-likeness (QED) is 0.840. The molecular weight excluding hydrogens is 276 g/mol. The molecule has 1 saturated carbocycles. The second kappa shape index (κ2) is 5.05. The molecule has 7 heteroatoms. The normalized spacial score (nSPS) is 17.4. The van der Waals surface area contributed by atoms with Gasteiger partial charge in [0, 0.05) is 12.1 Å². The number of alkyl halides is 3. The fraction of sp³-hybridized carbons (Fsp3) is 0.462. The van der Waals surface area contributed by atoms with Crippen LogP contribution < -0.4 is 11.1 Å². The number of hydrogen-bond donors (Lipinski definition) is 2. The van der Waals surface area contributed by atoms with Crippen molar-refractivity contribution in [1.29, 1.82) is 0 Å². The zero-order valence-electron chi connectivity index (χ0n) is 10.6. The van der Waals surface area contributed by atoms with Crippen molar-refractivity contribution in [2.75, 3.05) is 6.54 Å². The van der Waals surface area contributed by atoms with Crippen molar-refractivity contribution >= 4 is 5.91 Å². The Labute approximate surface area is 113 Å². The summed E-state index contributed by atoms with van der Waals surface area (Å²) in [6, 6.07) is 1.75. The summed E-state index contributed by atoms with van der Waals surface area (Å²) in [5.74, 6) is -1.87. The van der Waals surface area contributed by atoms with E-state index in [1.807, 2.05) is 0 Å². The summed E-state index contributed by atoms with van der Waals surface area (Å²) in [6.45, 7) is 0.127. The standard InChI is InChI=1S/C13H14F4N2O/c14-10-3-2-8(13(15,16)17)6-9(10)11(20)19-7-12(18)4-1-5-12/h2-3,6H,1,4-5,7,18H2,(H,19,20). The van der Waals surface area contributed by atoms with Gasteiger partial charge in [-0.1, -0.05) is 0 Å². The molecule has 0 heterocycles. The monoisotopic (exact) mass is 290 g/mol. The molecule has 1 fully saturated rings. The zero-order chi connectivity index (χ0) is 15.0. The maximum absolute atomic E-state index is 13.5. The van der Waals surface area contributed by atoms with Crippen LogP contribution in [0.4, 0.5) is 17.6 Å². The van der Waals surface area contributed by atoms with Crippen LogP contribution >= 0.6 is 0 Å². The maximum atomic E-state index is 13.5. The first-order valence-electron chi connectivity index (χ1n) is 6.15. The molecule has 0 aliphatic heterocycles. The molecule has 0 aromatic heterocycles. The van der Waals surface area contributed by atoms with Gasteiger partial charge in [0.1, 0.15) is 5.82 Å². The van der Waals surface area contributed by atoms with Crippen molar-refractivity contribution in [3.63, 3.8) is 0 Å². The highest BCUT2D eigenvalue weighted by Gasteiger charge is 2.34. The van der Waals surface area contributed by atoms with E-state index in [2.05, 4.69) is 5.32 Å². The summed E-state index contributed by atoms with van der Waals surface area (Å²) in [7, 11) is 0. The van der Waals surface area contributed by atoms with Gasteiger partial charge in [-0.2, -0.15) is 13.2 Å². The van der Waals surface area contributed by atoms with Gasteiger partial charge >= 0.3 is 6.18 Å². The predicted octanol–water partition coefficient (Wildman–Crippen LogP) is 2.46. The highest BCUT2D eigenvalue weighted by Crippen LogP contribution is 2.31. The van der Waals surface area contributed by atoms with E-state index in [-0.39, 0.29) is 6.54 Å². The number of nitrogens with one attached hydrogen (secondary N) is 1. The van der Waals surface area contributed by atoms with Gasteiger partial charge in [-0.25, -0.2) is 4.39 Å². The van der Waals surface area contributed by atoms with E-state index in [0.29, 0.717) is 18.2 Å². The predicted molar refractivity (Wildman–Crippen MR) is 64.5 cm³/mol. The Morgan fingerprint density at radius 2 is 2.00 bits per heavy atom. The zero-order valence-corrected chi connectivity index (χ0v) is 10.6. The molecule has 20 heavy (non-hydrogen) atoms. The van der Waals surface area contributed by atoms with Crippen LogP contribution in [0.1, 0.15) is 35.2 Å². The molecule has 1 aliphatic rings. The number of rotatable bonds is 3. The summed E-state index contributed by atoms with van der Waals surface area (Å²) in [6.07, 6.45) is -2.20. The molecule has 0 spiro atoms.